The predicted octanol–water partition coefficient (Wildman–Crippen LogP) is 5.47. The molecule has 0 radical (unpaired) electrons. The number of halogens is 2. The molecular formula is C34H45Cl2N7O3. The number of nitrogens with zero attached hydrogens (tertiary/aromatic N) is 6. The van der Waals surface area contributed by atoms with Gasteiger partial charge in [-0.25, -0.2) is 0 Å². The van der Waals surface area contributed by atoms with Crippen LogP contribution in [0.5, 0.6) is 0 Å². The number of hydrogen-bond donors (Lipinski definition) is 2. The van der Waals surface area contributed by atoms with Crippen LogP contribution >= 0.6 is 23.2 Å². The van der Waals surface area contributed by atoms with E-state index in [4.69, 9.17) is 33.0 Å². The van der Waals surface area contributed by atoms with Crippen molar-refractivity contribution in [1.29, 1.82) is 0 Å². The number of hydrogen-bond acceptors (Lipinski definition) is 7. The lowest BCUT2D eigenvalue weighted by molar-refractivity contribution is -0.149. The van der Waals surface area contributed by atoms with Crippen LogP contribution in [-0.4, -0.2) is 105 Å². The molecule has 1 spiro atoms. The van der Waals surface area contributed by atoms with Gasteiger partial charge in [-0.3, -0.25) is 19.5 Å². The maximum absolute atomic E-state index is 12.1. The molecule has 4 aliphatic rings. The molecule has 248 valence electrons. The molecule has 12 heteroatoms. The summed E-state index contributed by atoms with van der Waals surface area (Å²) in [4.78, 5) is 18.9. The lowest BCUT2D eigenvalue weighted by Gasteiger charge is -2.58. The molecule has 2 N–H and O–H groups in total. The molecular weight excluding hydrogens is 625 g/mol. The number of H-pyrrole nitrogens is 1. The number of anilines is 1. The van der Waals surface area contributed by atoms with E-state index in [0.29, 0.717) is 29.1 Å². The van der Waals surface area contributed by atoms with Crippen molar-refractivity contribution in [2.45, 2.75) is 76.6 Å². The van der Waals surface area contributed by atoms with E-state index >= 15 is 0 Å². The maximum atomic E-state index is 12.1. The summed E-state index contributed by atoms with van der Waals surface area (Å²) in [6.45, 7) is 15.1. The van der Waals surface area contributed by atoms with Crippen LogP contribution in [0.1, 0.15) is 57.7 Å². The quantitative estimate of drug-likeness (QED) is 0.307. The molecule has 1 amide bonds. The maximum Gasteiger partial charge on any atom is 0.245 e. The smallest absolute Gasteiger partial charge is 0.245 e. The third kappa shape index (κ3) is 5.34. The number of carbonyl (C=O) groups is 1. The van der Waals surface area contributed by atoms with Crippen LogP contribution in [0.25, 0.3) is 22.0 Å². The van der Waals surface area contributed by atoms with Crippen molar-refractivity contribution in [2.24, 2.45) is 11.3 Å². The van der Waals surface area contributed by atoms with Gasteiger partial charge < -0.3 is 19.6 Å². The van der Waals surface area contributed by atoms with Crippen molar-refractivity contribution in [3.8, 4) is 11.1 Å². The van der Waals surface area contributed by atoms with Crippen LogP contribution in [-0.2, 0) is 9.53 Å². The first-order chi connectivity index (χ1) is 21.9. The highest BCUT2D eigenvalue weighted by molar-refractivity contribution is 6.45. The summed E-state index contributed by atoms with van der Waals surface area (Å²) < 4.78 is 7.69. The SMILES string of the molecule is C=CC(=O)N1CC2(CC(n3nc(N4CC[C@@H](CN5C[C@H](O)C[C@H]5COC)CC4(C)C)c(-c4c(Cl)c(Cl)cc5[nH]ncc45)c3C)C2)C1. The van der Waals surface area contributed by atoms with Gasteiger partial charge >= 0.3 is 0 Å². The van der Waals surface area contributed by atoms with Gasteiger partial charge in [0.1, 0.15) is 0 Å². The van der Waals surface area contributed by atoms with Gasteiger partial charge in [0, 0.05) is 79.0 Å². The number of aromatic nitrogens is 4. The molecule has 3 saturated heterocycles. The number of benzene rings is 1. The highest BCUT2D eigenvalue weighted by Crippen LogP contribution is 2.56. The van der Waals surface area contributed by atoms with Crippen molar-refractivity contribution in [1.82, 2.24) is 29.8 Å². The van der Waals surface area contributed by atoms with Gasteiger partial charge in [-0.2, -0.15) is 10.2 Å². The average Bonchev–Trinajstić information content (AvgIpc) is 3.65. The molecule has 5 heterocycles. The minimum atomic E-state index is -0.291. The van der Waals surface area contributed by atoms with Crippen LogP contribution in [0, 0.1) is 18.3 Å². The van der Waals surface area contributed by atoms with E-state index in [9.17, 15) is 9.90 Å². The fourth-order valence-electron chi connectivity index (χ4n) is 9.00. The minimum absolute atomic E-state index is 0.00871. The summed E-state index contributed by atoms with van der Waals surface area (Å²) in [5, 5.41) is 25.1. The molecule has 2 aromatic heterocycles. The van der Waals surface area contributed by atoms with Crippen molar-refractivity contribution in [3.05, 3.63) is 40.7 Å². The molecule has 1 aromatic carbocycles. The van der Waals surface area contributed by atoms with Gasteiger partial charge in [0.05, 0.1) is 40.5 Å². The number of ether oxygens (including phenoxy) is 1. The topological polar surface area (TPSA) is 103 Å². The fourth-order valence-corrected chi connectivity index (χ4v) is 9.45. The van der Waals surface area contributed by atoms with Crippen LogP contribution in [0.15, 0.2) is 24.9 Å². The molecule has 1 aliphatic carbocycles. The summed E-state index contributed by atoms with van der Waals surface area (Å²) in [7, 11) is 1.74. The van der Waals surface area contributed by atoms with E-state index in [2.05, 4.69) is 52.0 Å². The number of aliphatic hydroxyl groups excluding tert-OH is 1. The molecule has 4 fully saturated rings. The largest absolute Gasteiger partial charge is 0.392 e. The lowest BCUT2D eigenvalue weighted by Crippen LogP contribution is -2.63. The number of β-amino-alcohol motifs (C(OH)–C–C–N with tert-alkyl or cyclic N) is 1. The first kappa shape index (κ1) is 31.9. The number of methoxy groups -OCH3 is 1. The highest BCUT2D eigenvalue weighted by Gasteiger charge is 2.55. The van der Waals surface area contributed by atoms with E-state index in [1.165, 1.54) is 6.08 Å². The van der Waals surface area contributed by atoms with E-state index in [1.807, 2.05) is 17.2 Å². The Balaban J connectivity index is 1.21. The number of fused-ring (bicyclic) bond motifs is 1. The average molecular weight is 671 g/mol. The Morgan fingerprint density at radius 2 is 2.00 bits per heavy atom. The monoisotopic (exact) mass is 669 g/mol. The first-order valence-corrected chi connectivity index (χ1v) is 17.2. The Morgan fingerprint density at radius 3 is 2.70 bits per heavy atom. The lowest BCUT2D eigenvalue weighted by atomic mass is 9.60. The molecule has 3 atom stereocenters. The zero-order valence-electron chi connectivity index (χ0n) is 27.2. The minimum Gasteiger partial charge on any atom is -0.392 e. The zero-order valence-corrected chi connectivity index (χ0v) is 28.7. The second-order valence-electron chi connectivity index (χ2n) is 14.8. The Kier molecular flexibility index (Phi) is 8.20. The molecule has 7 rings (SSSR count). The number of aromatic amines is 1. The van der Waals surface area contributed by atoms with Crippen LogP contribution in [0.2, 0.25) is 10.0 Å². The van der Waals surface area contributed by atoms with Crippen molar-refractivity contribution >= 4 is 45.8 Å². The van der Waals surface area contributed by atoms with Crippen molar-refractivity contribution in [3.63, 3.8) is 0 Å². The molecule has 46 heavy (non-hydrogen) atoms. The zero-order chi connectivity index (χ0) is 32.5. The van der Waals surface area contributed by atoms with Gasteiger partial charge in [-0.1, -0.05) is 29.8 Å². The Morgan fingerprint density at radius 1 is 1.24 bits per heavy atom. The van der Waals surface area contributed by atoms with Gasteiger partial charge in [0.2, 0.25) is 5.91 Å². The standard InChI is InChI=1S/C34H45Cl2N7O3/c1-6-28(45)41-18-34(19-41)12-23(13-34)43-20(2)29(30-25-14-37-38-27(25)10-26(35)31(30)36)32(39-43)42-8-7-21(11-33(42,3)4)15-40-16-24(44)9-22(40)17-46-5/h6,10,14,21-24,44H,1,7-9,11-13,15-19H2,2-5H3,(H,37,38)/t21-,22+,24-/m1/s1. The molecule has 3 aromatic rings. The van der Waals surface area contributed by atoms with E-state index < -0.39 is 0 Å². The summed E-state index contributed by atoms with van der Waals surface area (Å²) in [5.41, 5.74) is 3.75. The Hall–Kier alpha value is -2.63. The van der Waals surface area contributed by atoms with Gasteiger partial charge in [0.25, 0.3) is 0 Å². The highest BCUT2D eigenvalue weighted by atomic mass is 35.5. The molecule has 3 aliphatic heterocycles. The number of aliphatic hydroxyl groups is 1. The van der Waals surface area contributed by atoms with Crippen molar-refractivity contribution < 1.29 is 14.6 Å². The summed E-state index contributed by atoms with van der Waals surface area (Å²) in [6.07, 6.45) is 7.68. The summed E-state index contributed by atoms with van der Waals surface area (Å²) in [6, 6.07) is 2.34. The van der Waals surface area contributed by atoms with Crippen LogP contribution in [0.3, 0.4) is 0 Å². The van der Waals surface area contributed by atoms with Gasteiger partial charge in [-0.05, 0) is 70.9 Å². The number of carbonyl (C=O) groups excluding carboxylic acids is 1. The molecule has 10 nitrogen and oxygen atoms in total. The molecule has 0 bridgehead atoms. The third-order valence-electron chi connectivity index (χ3n) is 11.1. The second-order valence-corrected chi connectivity index (χ2v) is 15.6. The predicted molar refractivity (Wildman–Crippen MR) is 182 cm³/mol. The van der Waals surface area contributed by atoms with Gasteiger partial charge in [0.15, 0.2) is 5.82 Å². The van der Waals surface area contributed by atoms with Crippen LogP contribution < -0.4 is 4.90 Å². The van der Waals surface area contributed by atoms with Crippen LogP contribution in [0.4, 0.5) is 5.82 Å². The number of nitrogens with one attached hydrogen (secondary N) is 1. The Bertz CT molecular complexity index is 1650. The normalized spacial score (nSPS) is 26.1. The van der Waals surface area contributed by atoms with Crippen molar-refractivity contribution in [2.75, 3.05) is 51.3 Å². The second kappa shape index (κ2) is 11.8. The number of rotatable bonds is 8. The number of piperidine rings is 1. The third-order valence-corrected chi connectivity index (χ3v) is 11.9. The first-order valence-electron chi connectivity index (χ1n) is 16.4. The summed E-state index contributed by atoms with van der Waals surface area (Å²) in [5.74, 6) is 1.43. The summed E-state index contributed by atoms with van der Waals surface area (Å²) >= 11 is 13.8. The van der Waals surface area contributed by atoms with E-state index in [-0.39, 0.29) is 35.0 Å². The fraction of sp³-hybridized carbons (Fsp3) is 0.618. The molecule has 0 unspecified atom stereocenters. The van der Waals surface area contributed by atoms with E-state index in [1.54, 1.807) is 7.11 Å². The number of likely N-dealkylation sites (tertiary alicyclic amines) is 2. The molecule has 1 saturated carbocycles. The van der Waals surface area contributed by atoms with Gasteiger partial charge in [-0.15, -0.1) is 0 Å². The Labute approximate surface area is 280 Å². The van der Waals surface area contributed by atoms with E-state index in [0.717, 1.165) is 91.8 Å². The number of amides is 1.